The third kappa shape index (κ3) is 5.57. The van der Waals surface area contributed by atoms with E-state index >= 15 is 0 Å². The summed E-state index contributed by atoms with van der Waals surface area (Å²) in [4.78, 5) is 18.8. The Morgan fingerprint density at radius 3 is 2.38 bits per heavy atom. The van der Waals surface area contributed by atoms with Crippen molar-refractivity contribution < 1.29 is 9.53 Å². The Morgan fingerprint density at radius 2 is 1.76 bits per heavy atom. The minimum atomic E-state index is 0.145. The van der Waals surface area contributed by atoms with Gasteiger partial charge in [-0.15, -0.1) is 0 Å². The number of carbonyl (C=O) groups excluding carboxylic acids is 1. The van der Waals surface area contributed by atoms with Gasteiger partial charge in [-0.3, -0.25) is 9.69 Å². The molecule has 1 amide bonds. The second kappa shape index (κ2) is 8.71. The van der Waals surface area contributed by atoms with E-state index in [1.165, 1.54) is 38.9 Å². The lowest BCUT2D eigenvalue weighted by molar-refractivity contribution is -0.137. The molecular weight excluding hydrogens is 266 g/mol. The van der Waals surface area contributed by atoms with Crippen molar-refractivity contribution in [1.29, 1.82) is 0 Å². The number of piperidine rings is 1. The molecule has 21 heavy (non-hydrogen) atoms. The summed E-state index contributed by atoms with van der Waals surface area (Å²) < 4.78 is 5.20. The van der Waals surface area contributed by atoms with Crippen molar-refractivity contribution >= 4 is 5.91 Å². The molecule has 2 heterocycles. The monoisotopic (exact) mass is 297 g/mol. The molecule has 0 aliphatic carbocycles. The van der Waals surface area contributed by atoms with Crippen molar-refractivity contribution in [3.63, 3.8) is 0 Å². The Labute approximate surface area is 129 Å². The van der Waals surface area contributed by atoms with Gasteiger partial charge in [0.15, 0.2) is 0 Å². The first kappa shape index (κ1) is 16.7. The first-order chi connectivity index (χ1) is 10.2. The Bertz CT molecular complexity index is 309. The lowest BCUT2D eigenvalue weighted by Crippen LogP contribution is -2.50. The number of hydrogen-bond acceptors (Lipinski definition) is 4. The van der Waals surface area contributed by atoms with Gasteiger partial charge < -0.3 is 14.5 Å². The highest BCUT2D eigenvalue weighted by Crippen LogP contribution is 2.20. The standard InChI is InChI=1S/C16H31N3O2/c1-3-21-14-16(20)19-12-10-18(11-13-19)9-6-15-4-7-17(2)8-5-15/h15H,3-14H2,1-2H3. The number of rotatable bonds is 6. The first-order valence-electron chi connectivity index (χ1n) is 8.45. The van der Waals surface area contributed by atoms with E-state index in [1.54, 1.807) is 0 Å². The molecule has 0 aromatic heterocycles. The van der Waals surface area contributed by atoms with Gasteiger partial charge in [0.2, 0.25) is 5.91 Å². The molecule has 5 heteroatoms. The van der Waals surface area contributed by atoms with E-state index in [-0.39, 0.29) is 12.5 Å². The fourth-order valence-electron chi connectivity index (χ4n) is 3.22. The average Bonchev–Trinajstić information content (AvgIpc) is 2.52. The quantitative estimate of drug-likeness (QED) is 0.730. The molecule has 0 saturated carbocycles. The van der Waals surface area contributed by atoms with Crippen LogP contribution in [0.2, 0.25) is 0 Å². The fraction of sp³-hybridized carbons (Fsp3) is 0.938. The lowest BCUT2D eigenvalue weighted by Gasteiger charge is -2.36. The van der Waals surface area contributed by atoms with Crippen LogP contribution in [0.1, 0.15) is 26.2 Å². The minimum Gasteiger partial charge on any atom is -0.372 e. The Morgan fingerprint density at radius 1 is 1.10 bits per heavy atom. The topological polar surface area (TPSA) is 36.0 Å². The molecule has 5 nitrogen and oxygen atoms in total. The fourth-order valence-corrected chi connectivity index (χ4v) is 3.22. The van der Waals surface area contributed by atoms with Gasteiger partial charge in [-0.25, -0.2) is 0 Å². The third-order valence-corrected chi connectivity index (χ3v) is 4.85. The summed E-state index contributed by atoms with van der Waals surface area (Å²) >= 11 is 0. The van der Waals surface area contributed by atoms with Gasteiger partial charge >= 0.3 is 0 Å². The maximum atomic E-state index is 11.9. The number of hydrogen-bond donors (Lipinski definition) is 0. The summed E-state index contributed by atoms with van der Waals surface area (Å²) in [5.74, 6) is 1.05. The molecule has 2 fully saturated rings. The molecule has 2 aliphatic heterocycles. The van der Waals surface area contributed by atoms with Crippen molar-refractivity contribution in [3.05, 3.63) is 0 Å². The van der Waals surface area contributed by atoms with Crippen LogP contribution in [0.4, 0.5) is 0 Å². The third-order valence-electron chi connectivity index (χ3n) is 4.85. The van der Waals surface area contributed by atoms with Crippen LogP contribution in [-0.2, 0) is 9.53 Å². The predicted octanol–water partition coefficient (Wildman–Crippen LogP) is 0.899. The van der Waals surface area contributed by atoms with Gasteiger partial charge in [-0.05, 0) is 58.8 Å². The van der Waals surface area contributed by atoms with E-state index in [2.05, 4.69) is 16.8 Å². The highest BCUT2D eigenvalue weighted by molar-refractivity contribution is 5.77. The maximum Gasteiger partial charge on any atom is 0.248 e. The summed E-state index contributed by atoms with van der Waals surface area (Å²) in [5, 5.41) is 0. The number of nitrogens with zero attached hydrogens (tertiary/aromatic N) is 3. The second-order valence-electron chi connectivity index (χ2n) is 6.39. The summed E-state index contributed by atoms with van der Waals surface area (Å²) in [5.41, 5.74) is 0. The molecule has 2 rings (SSSR count). The zero-order chi connectivity index (χ0) is 15.1. The second-order valence-corrected chi connectivity index (χ2v) is 6.39. The van der Waals surface area contributed by atoms with Crippen molar-refractivity contribution in [3.8, 4) is 0 Å². The molecule has 0 radical (unpaired) electrons. The zero-order valence-corrected chi connectivity index (χ0v) is 13.7. The van der Waals surface area contributed by atoms with E-state index in [0.29, 0.717) is 6.61 Å². The Balaban J connectivity index is 1.59. The van der Waals surface area contributed by atoms with Gasteiger partial charge in [-0.2, -0.15) is 0 Å². The molecule has 122 valence electrons. The van der Waals surface area contributed by atoms with Crippen molar-refractivity contribution in [2.75, 3.05) is 66.1 Å². The van der Waals surface area contributed by atoms with Crippen molar-refractivity contribution in [2.45, 2.75) is 26.2 Å². The normalized spacial score (nSPS) is 22.7. The Hall–Kier alpha value is -0.650. The molecule has 0 spiro atoms. The largest absolute Gasteiger partial charge is 0.372 e. The van der Waals surface area contributed by atoms with Crippen molar-refractivity contribution in [1.82, 2.24) is 14.7 Å². The molecule has 0 aromatic carbocycles. The number of ether oxygens (including phenoxy) is 1. The van der Waals surface area contributed by atoms with Crippen molar-refractivity contribution in [2.24, 2.45) is 5.92 Å². The number of amides is 1. The van der Waals surface area contributed by atoms with Crippen LogP contribution in [0.3, 0.4) is 0 Å². The maximum absolute atomic E-state index is 11.9. The molecular formula is C16H31N3O2. The SMILES string of the molecule is CCOCC(=O)N1CCN(CCC2CCN(C)CC2)CC1. The van der Waals surface area contributed by atoms with Crippen LogP contribution in [0.15, 0.2) is 0 Å². The number of piperazine rings is 1. The van der Waals surface area contributed by atoms with Gasteiger partial charge in [-0.1, -0.05) is 0 Å². The highest BCUT2D eigenvalue weighted by atomic mass is 16.5. The highest BCUT2D eigenvalue weighted by Gasteiger charge is 2.22. The Kier molecular flexibility index (Phi) is 6.93. The molecule has 0 aromatic rings. The summed E-state index contributed by atoms with van der Waals surface area (Å²) in [6.07, 6.45) is 4.02. The van der Waals surface area contributed by atoms with Gasteiger partial charge in [0.05, 0.1) is 0 Å². The lowest BCUT2D eigenvalue weighted by atomic mass is 9.93. The van der Waals surface area contributed by atoms with E-state index in [0.717, 1.165) is 32.1 Å². The van der Waals surface area contributed by atoms with Gasteiger partial charge in [0, 0.05) is 32.8 Å². The van der Waals surface area contributed by atoms with E-state index in [4.69, 9.17) is 4.74 Å². The number of likely N-dealkylation sites (tertiary alicyclic amines) is 1. The first-order valence-corrected chi connectivity index (χ1v) is 8.45. The van der Waals surface area contributed by atoms with Crippen LogP contribution in [0, 0.1) is 5.92 Å². The van der Waals surface area contributed by atoms with Crippen LogP contribution >= 0.6 is 0 Å². The molecule has 0 unspecified atom stereocenters. The zero-order valence-electron chi connectivity index (χ0n) is 13.7. The molecule has 0 atom stereocenters. The predicted molar refractivity (Wildman–Crippen MR) is 84.4 cm³/mol. The average molecular weight is 297 g/mol. The summed E-state index contributed by atoms with van der Waals surface area (Å²) in [6, 6.07) is 0. The molecule has 0 N–H and O–H groups in total. The number of carbonyl (C=O) groups is 1. The van der Waals surface area contributed by atoms with E-state index in [9.17, 15) is 4.79 Å². The van der Waals surface area contributed by atoms with E-state index < -0.39 is 0 Å². The van der Waals surface area contributed by atoms with Gasteiger partial charge in [0.25, 0.3) is 0 Å². The van der Waals surface area contributed by atoms with Crippen LogP contribution < -0.4 is 0 Å². The summed E-state index contributed by atoms with van der Waals surface area (Å²) in [6.45, 7) is 10.2. The van der Waals surface area contributed by atoms with Crippen LogP contribution in [-0.4, -0.2) is 86.7 Å². The van der Waals surface area contributed by atoms with Crippen LogP contribution in [0.25, 0.3) is 0 Å². The summed E-state index contributed by atoms with van der Waals surface area (Å²) in [7, 11) is 2.22. The van der Waals surface area contributed by atoms with Crippen LogP contribution in [0.5, 0.6) is 0 Å². The smallest absolute Gasteiger partial charge is 0.248 e. The molecule has 2 aliphatic rings. The minimum absolute atomic E-state index is 0.145. The molecule has 0 bridgehead atoms. The van der Waals surface area contributed by atoms with Gasteiger partial charge in [0.1, 0.15) is 6.61 Å². The van der Waals surface area contributed by atoms with E-state index in [1.807, 2.05) is 11.8 Å². The molecule has 2 saturated heterocycles.